The Morgan fingerprint density at radius 3 is 2.47 bits per heavy atom. The van der Waals surface area contributed by atoms with Gasteiger partial charge in [-0.25, -0.2) is 0 Å². The lowest BCUT2D eigenvalue weighted by Crippen LogP contribution is -2.51. The largest absolute Gasteiger partial charge is 0.494 e. The van der Waals surface area contributed by atoms with Crippen molar-refractivity contribution in [3.63, 3.8) is 0 Å². The molecule has 1 saturated heterocycles. The third-order valence-corrected chi connectivity index (χ3v) is 6.76. The van der Waals surface area contributed by atoms with Crippen molar-refractivity contribution in [1.82, 2.24) is 4.90 Å². The lowest BCUT2D eigenvalue weighted by atomic mass is 10.0. The fourth-order valence-corrected chi connectivity index (χ4v) is 4.97. The number of ether oxygens (including phenoxy) is 3. The third-order valence-electron chi connectivity index (χ3n) is 6.76. The second kappa shape index (κ2) is 12.5. The molecule has 0 spiro atoms. The van der Waals surface area contributed by atoms with E-state index in [1.165, 1.54) is 30.5 Å². The van der Waals surface area contributed by atoms with Crippen molar-refractivity contribution >= 4 is 5.69 Å². The number of likely N-dealkylation sites (tertiary alicyclic amines) is 1. The van der Waals surface area contributed by atoms with Crippen LogP contribution in [0.4, 0.5) is 5.69 Å². The van der Waals surface area contributed by atoms with Gasteiger partial charge in [0, 0.05) is 13.2 Å². The number of rotatable bonds is 11. The Bertz CT molecular complexity index is 864. The highest BCUT2D eigenvalue weighted by Crippen LogP contribution is 2.40. The van der Waals surface area contributed by atoms with E-state index in [2.05, 4.69) is 79.1 Å². The number of piperidine rings is 1. The summed E-state index contributed by atoms with van der Waals surface area (Å²) in [5.74, 6) is 2.46. The summed E-state index contributed by atoms with van der Waals surface area (Å²) in [5, 5.41) is 0. The van der Waals surface area contributed by atoms with Crippen molar-refractivity contribution in [3.05, 3.63) is 54.1 Å². The molecule has 186 valence electrons. The molecule has 0 amide bonds. The summed E-state index contributed by atoms with van der Waals surface area (Å²) >= 11 is 0. The first-order valence-electron chi connectivity index (χ1n) is 13.2. The van der Waals surface area contributed by atoms with E-state index >= 15 is 0 Å². The van der Waals surface area contributed by atoms with Crippen molar-refractivity contribution < 1.29 is 14.2 Å². The monoisotopic (exact) mass is 466 g/mol. The summed E-state index contributed by atoms with van der Waals surface area (Å²) in [6.45, 7) is 12.8. The highest BCUT2D eigenvalue weighted by molar-refractivity contribution is 5.61. The van der Waals surface area contributed by atoms with Crippen LogP contribution in [0.1, 0.15) is 58.1 Å². The molecule has 2 aromatic carbocycles. The van der Waals surface area contributed by atoms with E-state index in [0.717, 1.165) is 57.4 Å². The van der Waals surface area contributed by atoms with Gasteiger partial charge in [-0.1, -0.05) is 51.5 Å². The highest BCUT2D eigenvalue weighted by Gasteiger charge is 2.32. The topological polar surface area (TPSA) is 34.2 Å². The zero-order valence-corrected chi connectivity index (χ0v) is 21.2. The molecular weight excluding hydrogens is 424 g/mol. The number of hydrogen-bond donors (Lipinski definition) is 0. The van der Waals surface area contributed by atoms with Gasteiger partial charge in [0.15, 0.2) is 0 Å². The normalized spacial score (nSPS) is 19.5. The molecule has 2 aliphatic heterocycles. The Morgan fingerprint density at radius 2 is 1.74 bits per heavy atom. The maximum atomic E-state index is 6.24. The Labute approximate surface area is 206 Å². The quantitative estimate of drug-likeness (QED) is 0.409. The number of para-hydroxylation sites is 2. The van der Waals surface area contributed by atoms with Crippen molar-refractivity contribution in [2.24, 2.45) is 5.92 Å². The first-order chi connectivity index (χ1) is 16.7. The molecule has 0 aromatic heterocycles. The summed E-state index contributed by atoms with van der Waals surface area (Å²) in [5.41, 5.74) is 2.44. The summed E-state index contributed by atoms with van der Waals surface area (Å²) in [4.78, 5) is 5.21. The molecule has 2 aromatic rings. The van der Waals surface area contributed by atoms with E-state index < -0.39 is 0 Å². The van der Waals surface area contributed by atoms with E-state index in [0.29, 0.717) is 18.6 Å². The van der Waals surface area contributed by atoms with Crippen LogP contribution in [0.15, 0.2) is 48.5 Å². The van der Waals surface area contributed by atoms with Gasteiger partial charge in [0.1, 0.15) is 18.1 Å². The molecule has 0 bridgehead atoms. The maximum absolute atomic E-state index is 6.24. The average molecular weight is 467 g/mol. The van der Waals surface area contributed by atoms with Gasteiger partial charge in [0.25, 0.3) is 0 Å². The van der Waals surface area contributed by atoms with Crippen LogP contribution in [-0.2, 0) is 4.74 Å². The Morgan fingerprint density at radius 1 is 0.971 bits per heavy atom. The van der Waals surface area contributed by atoms with Crippen LogP contribution in [0.25, 0.3) is 0 Å². The first-order valence-corrected chi connectivity index (χ1v) is 13.2. The van der Waals surface area contributed by atoms with Crippen LogP contribution in [-0.4, -0.2) is 57.0 Å². The number of anilines is 1. The summed E-state index contributed by atoms with van der Waals surface area (Å²) in [7, 11) is 0. The predicted molar refractivity (Wildman–Crippen MR) is 139 cm³/mol. The first kappa shape index (κ1) is 24.9. The minimum absolute atomic E-state index is 0.160. The summed E-state index contributed by atoms with van der Waals surface area (Å²) < 4.78 is 18.3. The predicted octanol–water partition coefficient (Wildman–Crippen LogP) is 5.94. The van der Waals surface area contributed by atoms with Crippen LogP contribution in [0.2, 0.25) is 0 Å². The van der Waals surface area contributed by atoms with Crippen molar-refractivity contribution in [1.29, 1.82) is 0 Å². The highest BCUT2D eigenvalue weighted by atomic mass is 16.5. The number of benzene rings is 2. The molecule has 34 heavy (non-hydrogen) atoms. The minimum atomic E-state index is 0.160. The number of fused-ring (bicyclic) bond motifs is 1. The molecule has 4 rings (SSSR count). The molecule has 0 saturated carbocycles. The zero-order chi connectivity index (χ0) is 23.8. The fourth-order valence-electron chi connectivity index (χ4n) is 4.97. The van der Waals surface area contributed by atoms with Crippen molar-refractivity contribution in [2.45, 2.75) is 58.5 Å². The number of hydrogen-bond acceptors (Lipinski definition) is 5. The van der Waals surface area contributed by atoms with Crippen LogP contribution in [0, 0.1) is 5.92 Å². The summed E-state index contributed by atoms with van der Waals surface area (Å²) in [6, 6.07) is 17.6. The van der Waals surface area contributed by atoms with Gasteiger partial charge < -0.3 is 19.1 Å². The maximum Gasteiger partial charge on any atom is 0.142 e. The standard InChI is InChI=1S/C29H42N2O3/c1-4-18-33-26-14-12-24(13-15-26)28-22-34-29-11-7-6-10-27(29)31(28)19-25(21-32-20-23(2)3)30-16-8-5-9-17-30/h6-7,10-15,23,25,28H,4-5,8-9,16-22H2,1-3H3. The van der Waals surface area contributed by atoms with Gasteiger partial charge in [-0.3, -0.25) is 4.90 Å². The van der Waals surface area contributed by atoms with Gasteiger partial charge in [0.2, 0.25) is 0 Å². The van der Waals surface area contributed by atoms with Crippen molar-refractivity contribution in [2.75, 3.05) is 51.0 Å². The van der Waals surface area contributed by atoms with E-state index in [1.54, 1.807) is 0 Å². The second-order valence-corrected chi connectivity index (χ2v) is 10.0. The van der Waals surface area contributed by atoms with E-state index in [1.807, 2.05) is 0 Å². The molecular formula is C29H42N2O3. The molecule has 5 heteroatoms. The van der Waals surface area contributed by atoms with E-state index in [9.17, 15) is 0 Å². The molecule has 5 nitrogen and oxygen atoms in total. The van der Waals surface area contributed by atoms with Crippen LogP contribution >= 0.6 is 0 Å². The Balaban J connectivity index is 1.58. The SMILES string of the molecule is CCCOc1ccc(C2COc3ccccc3N2CC(COCC(C)C)N2CCCCC2)cc1. The zero-order valence-electron chi connectivity index (χ0n) is 21.2. The Hall–Kier alpha value is -2.24. The smallest absolute Gasteiger partial charge is 0.142 e. The van der Waals surface area contributed by atoms with Crippen LogP contribution < -0.4 is 14.4 Å². The minimum Gasteiger partial charge on any atom is -0.494 e. The van der Waals surface area contributed by atoms with Gasteiger partial charge >= 0.3 is 0 Å². The third kappa shape index (κ3) is 6.45. The molecule has 2 unspecified atom stereocenters. The van der Waals surface area contributed by atoms with E-state index in [-0.39, 0.29) is 6.04 Å². The van der Waals surface area contributed by atoms with Crippen LogP contribution in [0.5, 0.6) is 11.5 Å². The van der Waals surface area contributed by atoms with Gasteiger partial charge in [0.05, 0.1) is 31.0 Å². The molecule has 0 radical (unpaired) electrons. The fraction of sp³-hybridized carbons (Fsp3) is 0.586. The van der Waals surface area contributed by atoms with Crippen molar-refractivity contribution in [3.8, 4) is 11.5 Å². The second-order valence-electron chi connectivity index (χ2n) is 10.0. The van der Waals surface area contributed by atoms with Gasteiger partial charge in [-0.2, -0.15) is 0 Å². The van der Waals surface area contributed by atoms with Gasteiger partial charge in [-0.05, 0) is 68.1 Å². The number of nitrogens with zero attached hydrogens (tertiary/aromatic N) is 2. The van der Waals surface area contributed by atoms with E-state index in [4.69, 9.17) is 14.2 Å². The molecule has 0 N–H and O–H groups in total. The van der Waals surface area contributed by atoms with Crippen LogP contribution in [0.3, 0.4) is 0 Å². The Kier molecular flexibility index (Phi) is 9.11. The lowest BCUT2D eigenvalue weighted by Gasteiger charge is -2.43. The lowest BCUT2D eigenvalue weighted by molar-refractivity contribution is 0.0397. The molecule has 2 atom stereocenters. The molecule has 2 aliphatic rings. The van der Waals surface area contributed by atoms with Gasteiger partial charge in [-0.15, -0.1) is 0 Å². The average Bonchev–Trinajstić information content (AvgIpc) is 2.87. The molecule has 1 fully saturated rings. The summed E-state index contributed by atoms with van der Waals surface area (Å²) in [6.07, 6.45) is 4.91. The molecule has 0 aliphatic carbocycles. The molecule has 2 heterocycles.